The molecule has 0 radical (unpaired) electrons. The molecule has 0 fully saturated rings. The molecular formula is C8H9NO3S. The van der Waals surface area contributed by atoms with E-state index >= 15 is 0 Å². The zero-order valence-electron chi connectivity index (χ0n) is 6.98. The van der Waals surface area contributed by atoms with Crippen molar-refractivity contribution in [3.63, 3.8) is 0 Å². The molecule has 0 bridgehead atoms. The van der Waals surface area contributed by atoms with E-state index in [9.17, 15) is 9.00 Å². The van der Waals surface area contributed by atoms with Crippen LogP contribution in [0, 0.1) is 0 Å². The molecule has 0 aliphatic rings. The average molecular weight is 199 g/mol. The zero-order chi connectivity index (χ0) is 9.84. The van der Waals surface area contributed by atoms with Crippen molar-refractivity contribution in [2.75, 3.05) is 6.26 Å². The van der Waals surface area contributed by atoms with Gasteiger partial charge in [-0.15, -0.1) is 0 Å². The molecule has 5 heteroatoms. The summed E-state index contributed by atoms with van der Waals surface area (Å²) in [6.45, 7) is 0. The average Bonchev–Trinajstić information content (AvgIpc) is 2.16. The summed E-state index contributed by atoms with van der Waals surface area (Å²) in [5.41, 5.74) is 1.73. The number of amides is 1. The molecule has 0 aliphatic carbocycles. The molecule has 4 nitrogen and oxygen atoms in total. The number of nitrogens with one attached hydrogen (secondary N) is 1. The second-order valence-corrected chi connectivity index (χ2v) is 3.74. The number of hydrogen-bond donors (Lipinski definition) is 2. The van der Waals surface area contributed by atoms with E-state index in [1.807, 2.05) is 0 Å². The highest BCUT2D eigenvalue weighted by molar-refractivity contribution is 7.84. The van der Waals surface area contributed by atoms with Gasteiger partial charge in [0.1, 0.15) is 0 Å². The van der Waals surface area contributed by atoms with Crippen LogP contribution < -0.4 is 5.48 Å². The van der Waals surface area contributed by atoms with Crippen LogP contribution in [0.5, 0.6) is 0 Å². The standard InChI is InChI=1S/C8H9NO3S/c1-13(12)7-5-3-2-4-6(7)8(10)9-11/h2-5,11H,1H3,(H,9,10). The first-order chi connectivity index (χ1) is 6.16. The third kappa shape index (κ3) is 2.13. The Kier molecular flexibility index (Phi) is 3.16. The van der Waals surface area contributed by atoms with Gasteiger partial charge < -0.3 is 0 Å². The Morgan fingerprint density at radius 2 is 2.08 bits per heavy atom. The molecule has 70 valence electrons. The topological polar surface area (TPSA) is 66.4 Å². The van der Waals surface area contributed by atoms with E-state index in [0.717, 1.165) is 0 Å². The summed E-state index contributed by atoms with van der Waals surface area (Å²) in [5.74, 6) is -0.647. The van der Waals surface area contributed by atoms with Gasteiger partial charge in [-0.2, -0.15) is 0 Å². The van der Waals surface area contributed by atoms with Crippen LogP contribution in [0.1, 0.15) is 10.4 Å². The molecule has 1 aromatic carbocycles. The smallest absolute Gasteiger partial charge is 0.275 e. The third-order valence-electron chi connectivity index (χ3n) is 1.54. The third-order valence-corrected chi connectivity index (χ3v) is 2.52. The van der Waals surface area contributed by atoms with Gasteiger partial charge in [0, 0.05) is 6.26 Å². The van der Waals surface area contributed by atoms with Crippen molar-refractivity contribution in [1.82, 2.24) is 5.48 Å². The van der Waals surface area contributed by atoms with Crippen molar-refractivity contribution in [2.24, 2.45) is 0 Å². The zero-order valence-corrected chi connectivity index (χ0v) is 7.80. The lowest BCUT2D eigenvalue weighted by atomic mass is 10.2. The molecule has 1 amide bonds. The summed E-state index contributed by atoms with van der Waals surface area (Å²) < 4.78 is 11.1. The van der Waals surface area contributed by atoms with Gasteiger partial charge in [-0.1, -0.05) is 12.1 Å². The first-order valence-corrected chi connectivity index (χ1v) is 5.09. The largest absolute Gasteiger partial charge is 0.288 e. The van der Waals surface area contributed by atoms with Gasteiger partial charge in [0.05, 0.1) is 21.3 Å². The molecule has 2 N–H and O–H groups in total. The maximum atomic E-state index is 11.1. The second-order valence-electron chi connectivity index (χ2n) is 2.39. The quantitative estimate of drug-likeness (QED) is 0.539. The molecular weight excluding hydrogens is 190 g/mol. The summed E-state index contributed by atoms with van der Waals surface area (Å²) in [4.78, 5) is 11.5. The monoisotopic (exact) mass is 199 g/mol. The number of hydroxylamine groups is 1. The molecule has 13 heavy (non-hydrogen) atoms. The second kappa shape index (κ2) is 4.15. The van der Waals surface area contributed by atoms with Crippen LogP contribution in [0.3, 0.4) is 0 Å². The number of benzene rings is 1. The highest BCUT2D eigenvalue weighted by atomic mass is 32.2. The van der Waals surface area contributed by atoms with Gasteiger partial charge in [0.15, 0.2) is 0 Å². The molecule has 0 aromatic heterocycles. The van der Waals surface area contributed by atoms with E-state index in [-0.39, 0.29) is 5.56 Å². The number of hydrogen-bond acceptors (Lipinski definition) is 3. The van der Waals surface area contributed by atoms with Gasteiger partial charge in [-0.05, 0) is 12.1 Å². The summed E-state index contributed by atoms with van der Waals surface area (Å²) in [7, 11) is -1.23. The maximum absolute atomic E-state index is 11.1. The van der Waals surface area contributed by atoms with E-state index in [4.69, 9.17) is 5.21 Å². The Morgan fingerprint density at radius 1 is 1.46 bits per heavy atom. The fourth-order valence-electron chi connectivity index (χ4n) is 0.965. The molecule has 0 spiro atoms. The van der Waals surface area contributed by atoms with E-state index in [0.29, 0.717) is 4.90 Å². The predicted octanol–water partition coefficient (Wildman–Crippen LogP) is 0.543. The molecule has 0 heterocycles. The van der Waals surface area contributed by atoms with Gasteiger partial charge in [0.25, 0.3) is 5.91 Å². The molecule has 1 rings (SSSR count). The Bertz CT molecular complexity index is 351. The van der Waals surface area contributed by atoms with Crippen LogP contribution in [-0.4, -0.2) is 21.6 Å². The van der Waals surface area contributed by atoms with Crippen LogP contribution in [0.2, 0.25) is 0 Å². The van der Waals surface area contributed by atoms with Crippen LogP contribution in [-0.2, 0) is 10.8 Å². The Labute approximate surface area is 78.0 Å². The van der Waals surface area contributed by atoms with Crippen molar-refractivity contribution >= 4 is 16.7 Å². The summed E-state index contributed by atoms with van der Waals surface area (Å²) in [6, 6.07) is 6.41. The normalized spacial score (nSPS) is 12.2. The highest BCUT2D eigenvalue weighted by Crippen LogP contribution is 2.11. The van der Waals surface area contributed by atoms with E-state index in [1.54, 1.807) is 18.2 Å². The lowest BCUT2D eigenvalue weighted by Gasteiger charge is -2.03. The van der Waals surface area contributed by atoms with Crippen LogP contribution in [0.4, 0.5) is 0 Å². The SMILES string of the molecule is CS(=O)c1ccccc1C(=O)NO. The Balaban J connectivity index is 3.19. The Morgan fingerprint density at radius 3 is 2.62 bits per heavy atom. The molecule has 0 aliphatic heterocycles. The summed E-state index contributed by atoms with van der Waals surface area (Å²) >= 11 is 0. The van der Waals surface area contributed by atoms with E-state index in [2.05, 4.69) is 0 Å². The van der Waals surface area contributed by atoms with E-state index in [1.165, 1.54) is 17.8 Å². The maximum Gasteiger partial charge on any atom is 0.275 e. The highest BCUT2D eigenvalue weighted by Gasteiger charge is 2.11. The van der Waals surface area contributed by atoms with Gasteiger partial charge in [-0.3, -0.25) is 14.2 Å². The van der Waals surface area contributed by atoms with Crippen molar-refractivity contribution in [2.45, 2.75) is 4.90 Å². The molecule has 1 atom stereocenters. The van der Waals surface area contributed by atoms with Crippen LogP contribution in [0.15, 0.2) is 29.2 Å². The van der Waals surface area contributed by atoms with Gasteiger partial charge in [-0.25, -0.2) is 5.48 Å². The fraction of sp³-hybridized carbons (Fsp3) is 0.125. The predicted molar refractivity (Wildman–Crippen MR) is 48.0 cm³/mol. The summed E-state index contributed by atoms with van der Waals surface area (Å²) in [5, 5.41) is 8.40. The number of rotatable bonds is 2. The molecule has 0 saturated heterocycles. The van der Waals surface area contributed by atoms with Crippen molar-refractivity contribution in [3.8, 4) is 0 Å². The fourth-order valence-corrected chi connectivity index (χ4v) is 1.71. The van der Waals surface area contributed by atoms with Gasteiger partial charge in [0.2, 0.25) is 0 Å². The van der Waals surface area contributed by atoms with Crippen molar-refractivity contribution < 1.29 is 14.2 Å². The van der Waals surface area contributed by atoms with E-state index < -0.39 is 16.7 Å². The lowest BCUT2D eigenvalue weighted by Crippen LogP contribution is -2.20. The number of carbonyl (C=O) groups excluding carboxylic acids is 1. The lowest BCUT2D eigenvalue weighted by molar-refractivity contribution is 0.0703. The molecule has 1 unspecified atom stereocenters. The van der Waals surface area contributed by atoms with Crippen LogP contribution in [0.25, 0.3) is 0 Å². The van der Waals surface area contributed by atoms with Gasteiger partial charge >= 0.3 is 0 Å². The number of carbonyl (C=O) groups is 1. The Hall–Kier alpha value is -1.20. The minimum atomic E-state index is -1.23. The van der Waals surface area contributed by atoms with Crippen molar-refractivity contribution in [3.05, 3.63) is 29.8 Å². The minimum Gasteiger partial charge on any atom is -0.288 e. The van der Waals surface area contributed by atoms with Crippen molar-refractivity contribution in [1.29, 1.82) is 0 Å². The van der Waals surface area contributed by atoms with Crippen LogP contribution >= 0.6 is 0 Å². The first kappa shape index (κ1) is 9.88. The molecule has 0 saturated carbocycles. The first-order valence-electron chi connectivity index (χ1n) is 3.53. The summed E-state index contributed by atoms with van der Waals surface area (Å²) in [6.07, 6.45) is 1.48. The molecule has 1 aromatic rings. The minimum absolute atomic E-state index is 0.228.